The van der Waals surface area contributed by atoms with Gasteiger partial charge >= 0.3 is 0 Å². The molecule has 0 aliphatic heterocycles. The predicted molar refractivity (Wildman–Crippen MR) is 115 cm³/mol. The van der Waals surface area contributed by atoms with Crippen molar-refractivity contribution < 1.29 is 14.6 Å². The van der Waals surface area contributed by atoms with Crippen LogP contribution < -0.4 is 10.1 Å². The lowest BCUT2D eigenvalue weighted by Gasteiger charge is -2.27. The number of ether oxygens (including phenoxy) is 1. The van der Waals surface area contributed by atoms with Gasteiger partial charge in [0.15, 0.2) is 11.5 Å². The summed E-state index contributed by atoms with van der Waals surface area (Å²) in [5.74, 6) is 1.04. The van der Waals surface area contributed by atoms with E-state index in [9.17, 15) is 9.90 Å². The molecule has 31 heavy (non-hydrogen) atoms. The average molecular weight is 420 g/mol. The van der Waals surface area contributed by atoms with Crippen LogP contribution in [0.3, 0.4) is 0 Å². The summed E-state index contributed by atoms with van der Waals surface area (Å²) < 4.78 is 9.06. The Hall–Kier alpha value is -3.46. The van der Waals surface area contributed by atoms with Gasteiger partial charge in [-0.2, -0.15) is 14.7 Å². The number of anilines is 1. The number of carbonyl (C=O) groups excluding carboxylic acids is 1. The molecule has 1 aliphatic rings. The second kappa shape index (κ2) is 7.99. The van der Waals surface area contributed by atoms with Crippen molar-refractivity contribution in [3.05, 3.63) is 48.4 Å². The highest BCUT2D eigenvalue weighted by Gasteiger charge is 2.23. The number of hydrogen-bond acceptors (Lipinski definition) is 6. The van der Waals surface area contributed by atoms with Gasteiger partial charge in [-0.15, -0.1) is 0 Å². The van der Waals surface area contributed by atoms with E-state index in [0.29, 0.717) is 34.7 Å². The van der Waals surface area contributed by atoms with Gasteiger partial charge < -0.3 is 15.2 Å². The molecule has 0 atom stereocenters. The summed E-state index contributed by atoms with van der Waals surface area (Å²) in [6.45, 7) is 0.255. The Morgan fingerprint density at radius 1 is 1.29 bits per heavy atom. The van der Waals surface area contributed by atoms with Crippen molar-refractivity contribution in [2.45, 2.75) is 31.7 Å². The van der Waals surface area contributed by atoms with Gasteiger partial charge in [0, 0.05) is 30.5 Å². The normalized spacial score (nSPS) is 19.0. The van der Waals surface area contributed by atoms with Crippen molar-refractivity contribution in [3.63, 3.8) is 0 Å². The zero-order valence-corrected chi connectivity index (χ0v) is 17.2. The number of aromatic nitrogens is 5. The third-order valence-electron chi connectivity index (χ3n) is 6.06. The highest BCUT2D eigenvalue weighted by atomic mass is 16.5. The first-order valence-corrected chi connectivity index (χ1v) is 10.4. The molecule has 0 saturated heterocycles. The molecule has 1 aromatic carbocycles. The van der Waals surface area contributed by atoms with Crippen LogP contribution in [0.1, 0.15) is 42.1 Å². The lowest BCUT2D eigenvalue weighted by Crippen LogP contribution is -2.20. The Balaban J connectivity index is 1.43. The van der Waals surface area contributed by atoms with Gasteiger partial charge in [-0.05, 0) is 49.8 Å². The molecule has 1 saturated carbocycles. The summed E-state index contributed by atoms with van der Waals surface area (Å²) >= 11 is 0. The Labute approximate surface area is 178 Å². The van der Waals surface area contributed by atoms with Crippen LogP contribution in [0.2, 0.25) is 0 Å². The third kappa shape index (κ3) is 3.61. The average Bonchev–Trinajstić information content (AvgIpc) is 3.42. The molecule has 5 rings (SSSR count). The van der Waals surface area contributed by atoms with Crippen LogP contribution in [0.25, 0.3) is 16.6 Å². The van der Waals surface area contributed by atoms with E-state index in [2.05, 4.69) is 15.4 Å². The standard InChI is InChI=1S/C22H24N6O3/c1-31-19-10-18-15(12-27(26-18)16-6-4-14(13-29)5-7-16)9-17(19)22(30)25-21-11-23-20-3-2-8-24-28(20)21/h2-3,8-12,14,16,29H,4-7,13H2,1H3,(H,25,30). The second-order valence-electron chi connectivity index (χ2n) is 7.97. The first-order chi connectivity index (χ1) is 15.2. The summed E-state index contributed by atoms with van der Waals surface area (Å²) in [5.41, 5.74) is 1.86. The highest BCUT2D eigenvalue weighted by molar-refractivity contribution is 6.08. The number of fused-ring (bicyclic) bond motifs is 2. The SMILES string of the molecule is COc1cc2nn(C3CCC(CO)CC3)cc2cc1C(=O)Nc1cnc2cccnn12. The number of hydrogen-bond donors (Lipinski definition) is 2. The fraction of sp³-hybridized carbons (Fsp3) is 0.364. The molecule has 3 heterocycles. The molecule has 4 aromatic rings. The molecular formula is C22H24N6O3. The molecule has 2 N–H and O–H groups in total. The lowest BCUT2D eigenvalue weighted by atomic mass is 9.87. The molecule has 9 nitrogen and oxygen atoms in total. The molecule has 0 unspecified atom stereocenters. The summed E-state index contributed by atoms with van der Waals surface area (Å²) in [6, 6.07) is 7.52. The van der Waals surface area contributed by atoms with Crippen LogP contribution in [0, 0.1) is 5.92 Å². The van der Waals surface area contributed by atoms with Gasteiger partial charge in [0.25, 0.3) is 5.91 Å². The molecule has 9 heteroatoms. The van der Waals surface area contributed by atoms with Crippen LogP contribution in [0.5, 0.6) is 5.75 Å². The van der Waals surface area contributed by atoms with Gasteiger partial charge in [0.1, 0.15) is 5.75 Å². The van der Waals surface area contributed by atoms with Crippen LogP contribution in [-0.4, -0.2) is 49.1 Å². The maximum Gasteiger partial charge on any atom is 0.260 e. The van der Waals surface area contributed by atoms with Crippen LogP contribution in [0.15, 0.2) is 42.9 Å². The van der Waals surface area contributed by atoms with E-state index in [0.717, 1.165) is 36.6 Å². The molecule has 0 radical (unpaired) electrons. The quantitative estimate of drug-likeness (QED) is 0.514. The Bertz CT molecular complexity index is 1240. The second-order valence-corrected chi connectivity index (χ2v) is 7.97. The minimum atomic E-state index is -0.303. The Morgan fingerprint density at radius 3 is 2.90 bits per heavy atom. The van der Waals surface area contributed by atoms with Gasteiger partial charge in [-0.3, -0.25) is 9.48 Å². The number of rotatable bonds is 5. The number of nitrogens with one attached hydrogen (secondary N) is 1. The van der Waals surface area contributed by atoms with E-state index < -0.39 is 0 Å². The minimum Gasteiger partial charge on any atom is -0.496 e. The highest BCUT2D eigenvalue weighted by Crippen LogP contribution is 2.33. The van der Waals surface area contributed by atoms with Gasteiger partial charge in [0.2, 0.25) is 0 Å². The maximum absolute atomic E-state index is 13.0. The van der Waals surface area contributed by atoms with Crippen molar-refractivity contribution in [1.82, 2.24) is 24.4 Å². The number of methoxy groups -OCH3 is 1. The van der Waals surface area contributed by atoms with E-state index >= 15 is 0 Å². The smallest absolute Gasteiger partial charge is 0.260 e. The Morgan fingerprint density at radius 2 is 2.13 bits per heavy atom. The molecule has 3 aromatic heterocycles. The van der Waals surface area contributed by atoms with Gasteiger partial charge in [-0.1, -0.05) is 0 Å². The van der Waals surface area contributed by atoms with Crippen molar-refractivity contribution in [3.8, 4) is 5.75 Å². The number of aliphatic hydroxyl groups excluding tert-OH is 1. The lowest BCUT2D eigenvalue weighted by molar-refractivity contribution is 0.102. The molecule has 160 valence electrons. The van der Waals surface area contributed by atoms with Gasteiger partial charge in [0.05, 0.1) is 30.4 Å². The molecule has 1 fully saturated rings. The fourth-order valence-electron chi connectivity index (χ4n) is 4.30. The number of benzene rings is 1. The zero-order valence-electron chi connectivity index (χ0n) is 17.2. The summed E-state index contributed by atoms with van der Waals surface area (Å²) in [5, 5.41) is 22.1. The Kier molecular flexibility index (Phi) is 5.03. The zero-order chi connectivity index (χ0) is 21.4. The molecule has 1 aliphatic carbocycles. The maximum atomic E-state index is 13.0. The van der Waals surface area contributed by atoms with E-state index in [-0.39, 0.29) is 12.5 Å². The molecule has 0 spiro atoms. The van der Waals surface area contributed by atoms with Crippen LogP contribution >= 0.6 is 0 Å². The van der Waals surface area contributed by atoms with Crippen molar-refractivity contribution >= 4 is 28.3 Å². The topological polar surface area (TPSA) is 107 Å². The fourth-order valence-corrected chi connectivity index (χ4v) is 4.30. The first kappa shape index (κ1) is 19.5. The van der Waals surface area contributed by atoms with Gasteiger partial charge in [-0.25, -0.2) is 4.98 Å². The summed E-state index contributed by atoms with van der Waals surface area (Å²) in [6.07, 6.45) is 9.19. The van der Waals surface area contributed by atoms with Crippen molar-refractivity contribution in [2.75, 3.05) is 19.0 Å². The predicted octanol–water partition coefficient (Wildman–Crippen LogP) is 3.06. The molecule has 0 bridgehead atoms. The minimum absolute atomic E-state index is 0.255. The van der Waals surface area contributed by atoms with E-state index in [1.165, 1.54) is 0 Å². The number of carbonyl (C=O) groups is 1. The summed E-state index contributed by atoms with van der Waals surface area (Å²) in [7, 11) is 1.54. The molecule has 1 amide bonds. The van der Waals surface area contributed by atoms with E-state index in [4.69, 9.17) is 9.84 Å². The van der Waals surface area contributed by atoms with E-state index in [1.54, 1.807) is 36.2 Å². The van der Waals surface area contributed by atoms with Crippen molar-refractivity contribution in [1.29, 1.82) is 0 Å². The number of imidazole rings is 1. The van der Waals surface area contributed by atoms with Crippen LogP contribution in [-0.2, 0) is 0 Å². The number of nitrogens with zero attached hydrogens (tertiary/aromatic N) is 5. The third-order valence-corrected chi connectivity index (χ3v) is 6.06. The summed E-state index contributed by atoms with van der Waals surface area (Å²) in [4.78, 5) is 17.3. The van der Waals surface area contributed by atoms with Crippen LogP contribution in [0.4, 0.5) is 5.82 Å². The largest absolute Gasteiger partial charge is 0.496 e. The van der Waals surface area contributed by atoms with E-state index in [1.807, 2.05) is 23.0 Å². The van der Waals surface area contributed by atoms with Crippen molar-refractivity contribution in [2.24, 2.45) is 5.92 Å². The number of amides is 1. The monoisotopic (exact) mass is 420 g/mol. The first-order valence-electron chi connectivity index (χ1n) is 10.4. The number of aliphatic hydroxyl groups is 1. The molecular weight excluding hydrogens is 396 g/mol.